The highest BCUT2D eigenvalue weighted by atomic mass is 32.2. The van der Waals surface area contributed by atoms with Crippen LogP contribution < -0.4 is 5.32 Å². The average Bonchev–Trinajstić information content (AvgIpc) is 3.00. The van der Waals surface area contributed by atoms with Crippen LogP contribution in [0, 0.1) is 11.8 Å². The molecule has 2 rings (SSSR count). The molecule has 2 atom stereocenters. The third-order valence-corrected chi connectivity index (χ3v) is 5.97. The van der Waals surface area contributed by atoms with E-state index in [0.717, 1.165) is 31.8 Å². The molecule has 0 aliphatic carbocycles. The zero-order chi connectivity index (χ0) is 15.5. The summed E-state index contributed by atoms with van der Waals surface area (Å²) in [7, 11) is -2.84. The molecule has 21 heavy (non-hydrogen) atoms. The van der Waals surface area contributed by atoms with Gasteiger partial charge in [-0.15, -0.1) is 0 Å². The first kappa shape index (κ1) is 16.4. The fraction of sp³-hybridized carbons (Fsp3) is 0.857. The second-order valence-corrected chi connectivity index (χ2v) is 8.38. The van der Waals surface area contributed by atoms with Crippen LogP contribution in [0.1, 0.15) is 39.1 Å². The van der Waals surface area contributed by atoms with Crippen LogP contribution in [0.4, 0.5) is 0 Å². The van der Waals surface area contributed by atoms with E-state index in [1.165, 1.54) is 0 Å². The first-order valence-electron chi connectivity index (χ1n) is 7.72. The average molecular weight is 314 g/mol. The van der Waals surface area contributed by atoms with E-state index in [1.54, 1.807) is 6.33 Å². The maximum Gasteiger partial charge on any atom is 0.150 e. The molecular formula is C14H26N4O2S. The van der Waals surface area contributed by atoms with Crippen molar-refractivity contribution in [3.05, 3.63) is 12.2 Å². The van der Waals surface area contributed by atoms with Crippen LogP contribution in [0.2, 0.25) is 0 Å². The van der Waals surface area contributed by atoms with Gasteiger partial charge in [-0.25, -0.2) is 18.1 Å². The molecule has 6 nitrogen and oxygen atoms in total. The van der Waals surface area contributed by atoms with Gasteiger partial charge in [-0.1, -0.05) is 6.92 Å². The minimum absolute atomic E-state index is 0.228. The van der Waals surface area contributed by atoms with Crippen LogP contribution in [0.15, 0.2) is 6.33 Å². The molecule has 1 N–H and O–H groups in total. The van der Waals surface area contributed by atoms with Crippen LogP contribution in [0.25, 0.3) is 0 Å². The lowest BCUT2D eigenvalue weighted by molar-refractivity contribution is 0.331. The Hall–Kier alpha value is -0.950. The minimum Gasteiger partial charge on any atom is -0.317 e. The van der Waals surface area contributed by atoms with Gasteiger partial charge in [0.05, 0.1) is 11.5 Å². The lowest BCUT2D eigenvalue weighted by atomic mass is 9.88. The molecule has 0 spiro atoms. The number of nitrogens with zero attached hydrogens (tertiary/aromatic N) is 3. The largest absolute Gasteiger partial charge is 0.317 e. The smallest absolute Gasteiger partial charge is 0.150 e. The van der Waals surface area contributed by atoms with Crippen molar-refractivity contribution in [2.45, 2.75) is 39.7 Å². The second-order valence-electron chi connectivity index (χ2n) is 6.15. The maximum atomic E-state index is 11.7. The Morgan fingerprint density at radius 2 is 2.24 bits per heavy atom. The van der Waals surface area contributed by atoms with E-state index in [1.807, 2.05) is 4.68 Å². The molecule has 1 fully saturated rings. The summed E-state index contributed by atoms with van der Waals surface area (Å²) in [5.41, 5.74) is 0. The summed E-state index contributed by atoms with van der Waals surface area (Å²) in [6.45, 7) is 7.96. The summed E-state index contributed by atoms with van der Waals surface area (Å²) in [6.07, 6.45) is 3.14. The molecule has 1 aromatic heterocycles. The third kappa shape index (κ3) is 4.26. The van der Waals surface area contributed by atoms with Gasteiger partial charge in [0.1, 0.15) is 12.2 Å². The van der Waals surface area contributed by atoms with Crippen molar-refractivity contribution < 1.29 is 8.42 Å². The maximum absolute atomic E-state index is 11.7. The molecular weight excluding hydrogens is 288 g/mol. The lowest BCUT2D eigenvalue weighted by Gasteiger charge is -2.23. The van der Waals surface area contributed by atoms with E-state index < -0.39 is 9.84 Å². The number of hydrogen-bond donors (Lipinski definition) is 1. The van der Waals surface area contributed by atoms with Gasteiger partial charge in [0.25, 0.3) is 0 Å². The summed E-state index contributed by atoms with van der Waals surface area (Å²) < 4.78 is 25.4. The van der Waals surface area contributed by atoms with Crippen molar-refractivity contribution in [3.8, 4) is 0 Å². The van der Waals surface area contributed by atoms with E-state index in [9.17, 15) is 8.42 Å². The van der Waals surface area contributed by atoms with Crippen LogP contribution >= 0.6 is 0 Å². The van der Waals surface area contributed by atoms with Gasteiger partial charge < -0.3 is 5.32 Å². The molecule has 1 saturated heterocycles. The summed E-state index contributed by atoms with van der Waals surface area (Å²) in [5, 5.41) is 7.63. The van der Waals surface area contributed by atoms with E-state index >= 15 is 0 Å². The fourth-order valence-electron chi connectivity index (χ4n) is 3.02. The zero-order valence-corrected chi connectivity index (χ0v) is 13.9. The molecule has 1 aliphatic rings. The van der Waals surface area contributed by atoms with Gasteiger partial charge in [0.15, 0.2) is 9.84 Å². The number of aromatic nitrogens is 3. The Bertz CT molecular complexity index is 553. The topological polar surface area (TPSA) is 76.9 Å². The Labute approximate surface area is 127 Å². The molecule has 0 amide bonds. The molecule has 1 aliphatic heterocycles. The van der Waals surface area contributed by atoms with Gasteiger partial charge in [0, 0.05) is 12.5 Å². The molecule has 0 saturated carbocycles. The first-order valence-corrected chi connectivity index (χ1v) is 9.54. The molecule has 2 unspecified atom stereocenters. The molecule has 1 aromatic rings. The fourth-order valence-corrected chi connectivity index (χ4v) is 4.94. The Morgan fingerprint density at radius 3 is 2.81 bits per heavy atom. The first-order chi connectivity index (χ1) is 9.93. The van der Waals surface area contributed by atoms with Crippen molar-refractivity contribution in [1.82, 2.24) is 20.1 Å². The van der Waals surface area contributed by atoms with Crippen molar-refractivity contribution in [2.24, 2.45) is 11.8 Å². The quantitative estimate of drug-likeness (QED) is 0.814. The second kappa shape index (κ2) is 6.87. The molecule has 120 valence electrons. The van der Waals surface area contributed by atoms with Crippen molar-refractivity contribution in [3.63, 3.8) is 0 Å². The van der Waals surface area contributed by atoms with Crippen molar-refractivity contribution in [2.75, 3.05) is 24.6 Å². The SMILES string of the molecule is CCNCC(Cc1ncnn1C(C)C)C1CCS(=O)(=O)C1. The van der Waals surface area contributed by atoms with E-state index in [2.05, 4.69) is 36.2 Å². The van der Waals surface area contributed by atoms with E-state index in [4.69, 9.17) is 0 Å². The van der Waals surface area contributed by atoms with Gasteiger partial charge in [-0.3, -0.25) is 0 Å². The molecule has 2 heterocycles. The van der Waals surface area contributed by atoms with Crippen LogP contribution in [0.5, 0.6) is 0 Å². The van der Waals surface area contributed by atoms with Gasteiger partial charge >= 0.3 is 0 Å². The van der Waals surface area contributed by atoms with E-state index in [-0.39, 0.29) is 12.0 Å². The van der Waals surface area contributed by atoms with Crippen molar-refractivity contribution >= 4 is 9.84 Å². The third-order valence-electron chi connectivity index (χ3n) is 4.17. The van der Waals surface area contributed by atoms with Crippen LogP contribution in [0.3, 0.4) is 0 Å². The predicted molar refractivity (Wildman–Crippen MR) is 82.9 cm³/mol. The Balaban J connectivity index is 2.11. The predicted octanol–water partition coefficient (Wildman–Crippen LogP) is 1.06. The standard InChI is InChI=1S/C14H26N4O2S/c1-4-15-8-13(12-5-6-21(19,20)9-12)7-14-16-10-17-18(14)11(2)3/h10-13,15H,4-9H2,1-3H3. The monoisotopic (exact) mass is 314 g/mol. The number of rotatable bonds is 7. The highest BCUT2D eigenvalue weighted by molar-refractivity contribution is 7.91. The molecule has 0 radical (unpaired) electrons. The highest BCUT2D eigenvalue weighted by Gasteiger charge is 2.34. The summed E-state index contributed by atoms with van der Waals surface area (Å²) in [6, 6.07) is 0.273. The molecule has 0 aromatic carbocycles. The highest BCUT2D eigenvalue weighted by Crippen LogP contribution is 2.28. The molecule has 0 bridgehead atoms. The summed E-state index contributed by atoms with van der Waals surface area (Å²) >= 11 is 0. The Kier molecular flexibility index (Phi) is 5.37. The normalized spacial score (nSPS) is 22.8. The number of hydrogen-bond acceptors (Lipinski definition) is 5. The lowest BCUT2D eigenvalue weighted by Crippen LogP contribution is -2.31. The molecule has 7 heteroatoms. The van der Waals surface area contributed by atoms with Gasteiger partial charge in [-0.2, -0.15) is 5.10 Å². The summed E-state index contributed by atoms with van der Waals surface area (Å²) in [4.78, 5) is 4.37. The minimum atomic E-state index is -2.84. The van der Waals surface area contributed by atoms with Crippen molar-refractivity contribution in [1.29, 1.82) is 0 Å². The van der Waals surface area contributed by atoms with Crippen LogP contribution in [-0.4, -0.2) is 47.8 Å². The van der Waals surface area contributed by atoms with E-state index in [0.29, 0.717) is 17.4 Å². The summed E-state index contributed by atoms with van der Waals surface area (Å²) in [5.74, 6) is 2.13. The van der Waals surface area contributed by atoms with Gasteiger partial charge in [-0.05, 0) is 45.2 Å². The zero-order valence-electron chi connectivity index (χ0n) is 13.1. The van der Waals surface area contributed by atoms with Gasteiger partial charge in [0.2, 0.25) is 0 Å². The number of sulfone groups is 1. The number of nitrogens with one attached hydrogen (secondary N) is 1. The van der Waals surface area contributed by atoms with Crippen LogP contribution in [-0.2, 0) is 16.3 Å². The Morgan fingerprint density at radius 1 is 1.48 bits per heavy atom.